The van der Waals surface area contributed by atoms with Gasteiger partial charge in [-0.2, -0.15) is 13.2 Å². The Morgan fingerprint density at radius 2 is 2.08 bits per heavy atom. The number of carbonyl (C=O) groups is 2. The molecule has 25 heavy (non-hydrogen) atoms. The Balaban J connectivity index is 2.64. The molecule has 1 saturated heterocycles. The third kappa shape index (κ3) is 3.13. The molecule has 1 aromatic carbocycles. The van der Waals surface area contributed by atoms with E-state index in [0.717, 1.165) is 12.1 Å². The summed E-state index contributed by atoms with van der Waals surface area (Å²) in [5.41, 5.74) is -3.93. The summed E-state index contributed by atoms with van der Waals surface area (Å²) in [5.74, 6) is -4.40. The van der Waals surface area contributed by atoms with Crippen LogP contribution in [0.4, 0.5) is 22.4 Å². The number of hydrogen-bond acceptors (Lipinski definition) is 4. The predicted molar refractivity (Wildman–Crippen MR) is 76.6 cm³/mol. The summed E-state index contributed by atoms with van der Waals surface area (Å²) in [6.07, 6.45) is -5.36. The maximum Gasteiger partial charge on any atom is 0.437 e. The third-order valence-electron chi connectivity index (χ3n) is 4.03. The van der Waals surface area contributed by atoms with Gasteiger partial charge in [0.25, 0.3) is 5.72 Å². The molecule has 0 saturated carbocycles. The van der Waals surface area contributed by atoms with Crippen LogP contribution in [0.1, 0.15) is 18.5 Å². The smallest absolute Gasteiger partial charge is 0.437 e. The molecule has 0 radical (unpaired) electrons. The van der Waals surface area contributed by atoms with Crippen molar-refractivity contribution < 1.29 is 37.0 Å². The summed E-state index contributed by atoms with van der Waals surface area (Å²) < 4.78 is 59.0. The maximum absolute atomic E-state index is 13.6. The fraction of sp³-hybridized carbons (Fsp3) is 0.467. The number of hydrogen-bond donors (Lipinski definition) is 2. The van der Waals surface area contributed by atoms with Crippen molar-refractivity contribution in [2.75, 3.05) is 13.7 Å². The number of esters is 1. The number of amides is 2. The van der Waals surface area contributed by atoms with Crippen molar-refractivity contribution in [2.24, 2.45) is 5.92 Å². The van der Waals surface area contributed by atoms with Crippen LogP contribution >= 0.6 is 0 Å². The van der Waals surface area contributed by atoms with Crippen LogP contribution < -0.4 is 5.32 Å². The van der Waals surface area contributed by atoms with Gasteiger partial charge in [-0.1, -0.05) is 12.1 Å². The van der Waals surface area contributed by atoms with E-state index in [0.29, 0.717) is 7.05 Å². The highest BCUT2D eigenvalue weighted by Crippen LogP contribution is 2.46. The zero-order valence-corrected chi connectivity index (χ0v) is 13.3. The second kappa shape index (κ2) is 6.51. The van der Waals surface area contributed by atoms with Gasteiger partial charge in [0.2, 0.25) is 0 Å². The van der Waals surface area contributed by atoms with Crippen LogP contribution in [0.15, 0.2) is 24.3 Å². The zero-order valence-electron chi connectivity index (χ0n) is 13.3. The van der Waals surface area contributed by atoms with E-state index < -0.39 is 41.7 Å². The van der Waals surface area contributed by atoms with E-state index in [2.05, 4.69) is 10.1 Å². The highest BCUT2D eigenvalue weighted by Gasteiger charge is 2.69. The molecule has 1 aliphatic rings. The average Bonchev–Trinajstić information content (AvgIpc) is 2.51. The normalized spacial score (nSPS) is 27.0. The highest BCUT2D eigenvalue weighted by molar-refractivity contribution is 5.83. The summed E-state index contributed by atoms with van der Waals surface area (Å²) in [6, 6.07) is 1.47. The number of nitrogens with zero attached hydrogens (tertiary/aromatic N) is 1. The van der Waals surface area contributed by atoms with E-state index >= 15 is 0 Å². The number of aliphatic hydroxyl groups is 1. The monoisotopic (exact) mass is 364 g/mol. The molecule has 138 valence electrons. The Hall–Kier alpha value is -2.36. The van der Waals surface area contributed by atoms with Gasteiger partial charge >= 0.3 is 18.2 Å². The minimum atomic E-state index is -5.36. The van der Waals surface area contributed by atoms with Crippen LogP contribution in [0.5, 0.6) is 0 Å². The zero-order chi connectivity index (χ0) is 19.0. The predicted octanol–water partition coefficient (Wildman–Crippen LogP) is 1.95. The van der Waals surface area contributed by atoms with E-state index in [-0.39, 0.29) is 17.1 Å². The van der Waals surface area contributed by atoms with Gasteiger partial charge in [-0.25, -0.2) is 9.18 Å². The molecule has 1 heterocycles. The van der Waals surface area contributed by atoms with E-state index in [4.69, 9.17) is 0 Å². The van der Waals surface area contributed by atoms with Crippen LogP contribution in [0.2, 0.25) is 0 Å². The average molecular weight is 364 g/mol. The molecule has 2 amide bonds. The van der Waals surface area contributed by atoms with Gasteiger partial charge in [0.05, 0.1) is 12.6 Å². The van der Waals surface area contributed by atoms with E-state index in [1.54, 1.807) is 0 Å². The van der Waals surface area contributed by atoms with Crippen LogP contribution in [0, 0.1) is 11.7 Å². The van der Waals surface area contributed by atoms with Crippen LogP contribution in [0.25, 0.3) is 0 Å². The first kappa shape index (κ1) is 19.0. The highest BCUT2D eigenvalue weighted by atomic mass is 19.4. The second-order valence-corrected chi connectivity index (χ2v) is 5.49. The summed E-state index contributed by atoms with van der Waals surface area (Å²) in [6.45, 7) is 1.14. The second-order valence-electron chi connectivity index (χ2n) is 5.49. The van der Waals surface area contributed by atoms with E-state index in [1.807, 2.05) is 0 Å². The Morgan fingerprint density at radius 3 is 2.60 bits per heavy atom. The summed E-state index contributed by atoms with van der Waals surface area (Å²) in [4.78, 5) is 24.2. The largest absolute Gasteiger partial charge is 0.466 e. The number of carbonyl (C=O) groups excluding carboxylic acids is 2. The molecule has 0 aromatic heterocycles. The molecule has 0 aliphatic carbocycles. The first-order valence-electron chi connectivity index (χ1n) is 7.29. The van der Waals surface area contributed by atoms with E-state index in [1.165, 1.54) is 19.1 Å². The van der Waals surface area contributed by atoms with Gasteiger partial charge in [-0.3, -0.25) is 9.69 Å². The first-order valence-corrected chi connectivity index (χ1v) is 7.29. The summed E-state index contributed by atoms with van der Waals surface area (Å²) in [5, 5.41) is 12.5. The lowest BCUT2D eigenvalue weighted by Gasteiger charge is -2.49. The van der Waals surface area contributed by atoms with Crippen molar-refractivity contribution in [1.82, 2.24) is 10.2 Å². The molecule has 2 N–H and O–H groups in total. The fourth-order valence-electron chi connectivity index (χ4n) is 2.78. The topological polar surface area (TPSA) is 78.9 Å². The molecule has 1 aromatic rings. The third-order valence-corrected chi connectivity index (χ3v) is 4.03. The molecule has 0 unspecified atom stereocenters. The Kier molecular flexibility index (Phi) is 4.94. The Bertz CT molecular complexity index is 682. The maximum atomic E-state index is 13.6. The Morgan fingerprint density at radius 1 is 1.44 bits per heavy atom. The van der Waals surface area contributed by atoms with E-state index in [9.17, 15) is 32.3 Å². The number of urea groups is 1. The molecule has 2 rings (SSSR count). The van der Waals surface area contributed by atoms with Crippen molar-refractivity contribution in [3.8, 4) is 0 Å². The first-order chi connectivity index (χ1) is 11.5. The van der Waals surface area contributed by atoms with Crippen molar-refractivity contribution in [2.45, 2.75) is 24.9 Å². The lowest BCUT2D eigenvalue weighted by atomic mass is 9.81. The molecular formula is C15H16F4N2O4. The molecule has 0 spiro atoms. The molecular weight excluding hydrogens is 348 g/mol. The minimum absolute atomic E-state index is 0.00954. The van der Waals surface area contributed by atoms with Crippen LogP contribution in [-0.4, -0.2) is 47.6 Å². The number of ether oxygens (including phenoxy) is 1. The number of halogens is 4. The lowest BCUT2D eigenvalue weighted by molar-refractivity contribution is -0.328. The van der Waals surface area contributed by atoms with Crippen molar-refractivity contribution in [1.29, 1.82) is 0 Å². The minimum Gasteiger partial charge on any atom is -0.466 e. The molecule has 10 heteroatoms. The number of benzene rings is 1. The van der Waals surface area contributed by atoms with Gasteiger partial charge < -0.3 is 15.2 Å². The van der Waals surface area contributed by atoms with Gasteiger partial charge in [0, 0.05) is 7.05 Å². The molecule has 3 atom stereocenters. The van der Waals surface area contributed by atoms with Gasteiger partial charge in [0.15, 0.2) is 0 Å². The number of nitrogens with one attached hydrogen (secondary N) is 1. The molecule has 6 nitrogen and oxygen atoms in total. The standard InChI is InChI=1S/C15H16F4N2O4/c1-3-25-12(22)10-11(8-5-4-6-9(16)7-8)20-13(23)21(2)14(10,24)15(17,18)19/h4-7,10-11,24H,3H2,1-2H3,(H,20,23)/t10-,11+,14+/m0/s1. The lowest BCUT2D eigenvalue weighted by Crippen LogP contribution is -2.73. The molecule has 1 aliphatic heterocycles. The van der Waals surface area contributed by atoms with Crippen molar-refractivity contribution in [3.05, 3.63) is 35.6 Å². The van der Waals surface area contributed by atoms with Crippen molar-refractivity contribution >= 4 is 12.0 Å². The Labute approximate surface area is 140 Å². The van der Waals surface area contributed by atoms with Crippen LogP contribution in [-0.2, 0) is 9.53 Å². The molecule has 1 fully saturated rings. The van der Waals surface area contributed by atoms with Gasteiger partial charge in [0.1, 0.15) is 11.7 Å². The van der Waals surface area contributed by atoms with Gasteiger partial charge in [-0.05, 0) is 24.6 Å². The van der Waals surface area contributed by atoms with Crippen molar-refractivity contribution in [3.63, 3.8) is 0 Å². The fourth-order valence-corrected chi connectivity index (χ4v) is 2.78. The molecule has 0 bridgehead atoms. The number of alkyl halides is 3. The number of rotatable bonds is 3. The summed E-state index contributed by atoms with van der Waals surface area (Å²) >= 11 is 0. The SMILES string of the molecule is CCOC(=O)[C@@H]1[C@@H](c2cccc(F)c2)NC(=O)N(C)[C@]1(O)C(F)(F)F. The van der Waals surface area contributed by atoms with Crippen LogP contribution in [0.3, 0.4) is 0 Å². The quantitative estimate of drug-likeness (QED) is 0.635. The summed E-state index contributed by atoms with van der Waals surface area (Å²) in [7, 11) is 0.705. The van der Waals surface area contributed by atoms with Gasteiger partial charge in [-0.15, -0.1) is 0 Å².